The number of alkyl halides is 1. The number of furan rings is 1. The van der Waals surface area contributed by atoms with Gasteiger partial charge in [-0.3, -0.25) is 4.79 Å². The second-order valence-corrected chi connectivity index (χ2v) is 5.12. The van der Waals surface area contributed by atoms with Crippen molar-refractivity contribution in [1.29, 1.82) is 0 Å². The summed E-state index contributed by atoms with van der Waals surface area (Å²) < 4.78 is 5.36. The van der Waals surface area contributed by atoms with E-state index in [-0.39, 0.29) is 11.3 Å². The number of hydrogen-bond donors (Lipinski definition) is 1. The maximum absolute atomic E-state index is 12.1. The van der Waals surface area contributed by atoms with E-state index in [0.717, 1.165) is 18.6 Å². The molecule has 0 atom stereocenters. The van der Waals surface area contributed by atoms with Gasteiger partial charge in [-0.1, -0.05) is 13.8 Å². The second-order valence-electron chi connectivity index (χ2n) is 4.85. The van der Waals surface area contributed by atoms with Gasteiger partial charge in [-0.2, -0.15) is 0 Å². The van der Waals surface area contributed by atoms with Crippen molar-refractivity contribution in [3.8, 4) is 0 Å². The molecule has 0 fully saturated rings. The van der Waals surface area contributed by atoms with E-state index in [2.05, 4.69) is 19.2 Å². The van der Waals surface area contributed by atoms with Crippen LogP contribution in [-0.4, -0.2) is 18.3 Å². The van der Waals surface area contributed by atoms with Crippen LogP contribution >= 0.6 is 11.6 Å². The molecule has 18 heavy (non-hydrogen) atoms. The molecular weight excluding hydrogens is 250 g/mol. The molecule has 1 N–H and O–H groups in total. The lowest BCUT2D eigenvalue weighted by atomic mass is 9.84. The molecular formula is C14H22ClNO2. The number of carbonyl (C=O) groups excluding carboxylic acids is 1. The van der Waals surface area contributed by atoms with Crippen molar-refractivity contribution in [2.45, 2.75) is 40.5 Å². The Labute approximate surface area is 114 Å². The van der Waals surface area contributed by atoms with Gasteiger partial charge in [0.15, 0.2) is 0 Å². The van der Waals surface area contributed by atoms with Crippen molar-refractivity contribution < 1.29 is 9.21 Å². The molecule has 102 valence electrons. The summed E-state index contributed by atoms with van der Waals surface area (Å²) in [6.45, 7) is 8.45. The highest BCUT2D eigenvalue weighted by Gasteiger charge is 2.26. The third-order valence-electron chi connectivity index (χ3n) is 3.69. The molecule has 0 aromatic carbocycles. The average molecular weight is 272 g/mol. The van der Waals surface area contributed by atoms with Gasteiger partial charge >= 0.3 is 0 Å². The summed E-state index contributed by atoms with van der Waals surface area (Å²) >= 11 is 6.02. The maximum Gasteiger partial charge on any atom is 0.254 e. The summed E-state index contributed by atoms with van der Waals surface area (Å²) in [5, 5.41) is 2.96. The molecule has 0 aliphatic rings. The lowest BCUT2D eigenvalue weighted by molar-refractivity contribution is 0.0930. The highest BCUT2D eigenvalue weighted by Crippen LogP contribution is 2.27. The molecule has 3 nitrogen and oxygen atoms in total. The van der Waals surface area contributed by atoms with E-state index in [1.165, 1.54) is 0 Å². The maximum atomic E-state index is 12.1. The number of hydrogen-bond acceptors (Lipinski definition) is 2. The van der Waals surface area contributed by atoms with Crippen molar-refractivity contribution in [2.24, 2.45) is 5.41 Å². The Morgan fingerprint density at radius 2 is 2.00 bits per heavy atom. The summed E-state index contributed by atoms with van der Waals surface area (Å²) in [6.07, 6.45) is 1.91. The van der Waals surface area contributed by atoms with Gasteiger partial charge in [0.25, 0.3) is 5.91 Å². The molecule has 0 saturated heterocycles. The minimum absolute atomic E-state index is 0.0100. The van der Waals surface area contributed by atoms with Gasteiger partial charge in [0.05, 0.1) is 5.56 Å². The minimum atomic E-state index is -0.0826. The van der Waals surface area contributed by atoms with Crippen LogP contribution in [0.5, 0.6) is 0 Å². The molecule has 1 aromatic heterocycles. The number of halogens is 1. The lowest BCUT2D eigenvalue weighted by Crippen LogP contribution is -2.38. The normalized spacial score (nSPS) is 11.6. The van der Waals surface area contributed by atoms with E-state index in [1.807, 2.05) is 6.92 Å². The molecule has 0 bridgehead atoms. The molecule has 0 saturated carbocycles. The highest BCUT2D eigenvalue weighted by atomic mass is 35.5. The second kappa shape index (κ2) is 6.28. The molecule has 1 aromatic rings. The van der Waals surface area contributed by atoms with E-state index in [9.17, 15) is 4.79 Å². The van der Waals surface area contributed by atoms with Crippen LogP contribution in [0.15, 0.2) is 10.5 Å². The smallest absolute Gasteiger partial charge is 0.254 e. The predicted molar refractivity (Wildman–Crippen MR) is 74.3 cm³/mol. The summed E-state index contributed by atoms with van der Waals surface area (Å²) in [7, 11) is 0. The molecule has 1 rings (SSSR count). The van der Waals surface area contributed by atoms with Crippen molar-refractivity contribution in [3.05, 3.63) is 23.2 Å². The fraction of sp³-hybridized carbons (Fsp3) is 0.643. The minimum Gasteiger partial charge on any atom is -0.466 e. The van der Waals surface area contributed by atoms with Crippen LogP contribution in [0.25, 0.3) is 0 Å². The summed E-state index contributed by atoms with van der Waals surface area (Å²) in [5.74, 6) is 1.89. The zero-order valence-corrected chi connectivity index (χ0v) is 12.4. The first kappa shape index (κ1) is 15.1. The fourth-order valence-corrected chi connectivity index (χ4v) is 2.43. The first-order valence-electron chi connectivity index (χ1n) is 6.39. The molecule has 0 aliphatic heterocycles. The standard InChI is InChI=1S/C14H22ClNO2/c1-5-14(6-2,8-15)9-16-13(17)12-7-10(3)18-11(12)4/h7H,5-6,8-9H2,1-4H3,(H,16,17). The molecule has 0 radical (unpaired) electrons. The van der Waals surface area contributed by atoms with Crippen LogP contribution < -0.4 is 5.32 Å². The Morgan fingerprint density at radius 1 is 1.39 bits per heavy atom. The Bertz CT molecular complexity index is 400. The Morgan fingerprint density at radius 3 is 2.39 bits per heavy atom. The molecule has 0 aliphatic carbocycles. The van der Waals surface area contributed by atoms with E-state index in [4.69, 9.17) is 16.0 Å². The first-order valence-corrected chi connectivity index (χ1v) is 6.92. The SMILES string of the molecule is CCC(CC)(CCl)CNC(=O)c1cc(C)oc1C. The zero-order chi connectivity index (χ0) is 13.8. The quantitative estimate of drug-likeness (QED) is 0.802. The van der Waals surface area contributed by atoms with Gasteiger partial charge in [0.1, 0.15) is 11.5 Å². The van der Waals surface area contributed by atoms with Crippen molar-refractivity contribution in [2.75, 3.05) is 12.4 Å². The molecule has 0 unspecified atom stereocenters. The van der Waals surface area contributed by atoms with Crippen LogP contribution in [0.1, 0.15) is 48.6 Å². The summed E-state index contributed by atoms with van der Waals surface area (Å²) in [5.41, 5.74) is 0.604. The summed E-state index contributed by atoms with van der Waals surface area (Å²) in [6, 6.07) is 1.77. The van der Waals surface area contributed by atoms with E-state index >= 15 is 0 Å². The fourth-order valence-electron chi connectivity index (χ4n) is 1.96. The molecule has 0 spiro atoms. The Hall–Kier alpha value is -0.960. The number of rotatable bonds is 6. The van der Waals surface area contributed by atoms with Gasteiger partial charge in [0, 0.05) is 17.8 Å². The van der Waals surface area contributed by atoms with Crippen molar-refractivity contribution in [1.82, 2.24) is 5.32 Å². The van der Waals surface area contributed by atoms with Crippen LogP contribution in [0.2, 0.25) is 0 Å². The van der Waals surface area contributed by atoms with Gasteiger partial charge in [-0.05, 0) is 32.8 Å². The summed E-state index contributed by atoms with van der Waals surface area (Å²) in [4.78, 5) is 12.1. The van der Waals surface area contributed by atoms with E-state index in [0.29, 0.717) is 23.7 Å². The van der Waals surface area contributed by atoms with Crippen LogP contribution in [-0.2, 0) is 0 Å². The molecule has 4 heteroatoms. The van der Waals surface area contributed by atoms with E-state index < -0.39 is 0 Å². The average Bonchev–Trinajstić information content (AvgIpc) is 2.70. The number of amides is 1. The molecule has 1 amide bonds. The predicted octanol–water partition coefficient (Wildman–Crippen LogP) is 3.67. The first-order chi connectivity index (χ1) is 8.48. The number of nitrogens with one attached hydrogen (secondary N) is 1. The lowest BCUT2D eigenvalue weighted by Gasteiger charge is -2.29. The Balaban J connectivity index is 2.69. The Kier molecular flexibility index (Phi) is 5.27. The van der Waals surface area contributed by atoms with Crippen LogP contribution in [0.3, 0.4) is 0 Å². The molecule has 1 heterocycles. The number of aryl methyl sites for hydroxylation is 2. The highest BCUT2D eigenvalue weighted by molar-refractivity contribution is 6.18. The number of carbonyl (C=O) groups is 1. The van der Waals surface area contributed by atoms with Gasteiger partial charge in [0.2, 0.25) is 0 Å². The zero-order valence-electron chi connectivity index (χ0n) is 11.6. The third kappa shape index (κ3) is 3.29. The van der Waals surface area contributed by atoms with Crippen LogP contribution in [0.4, 0.5) is 0 Å². The third-order valence-corrected chi connectivity index (χ3v) is 4.26. The van der Waals surface area contributed by atoms with E-state index in [1.54, 1.807) is 13.0 Å². The van der Waals surface area contributed by atoms with Gasteiger partial charge in [-0.15, -0.1) is 11.6 Å². The van der Waals surface area contributed by atoms with Gasteiger partial charge < -0.3 is 9.73 Å². The topological polar surface area (TPSA) is 42.2 Å². The largest absolute Gasteiger partial charge is 0.466 e. The van der Waals surface area contributed by atoms with Gasteiger partial charge in [-0.25, -0.2) is 0 Å². The monoisotopic (exact) mass is 271 g/mol. The van der Waals surface area contributed by atoms with Crippen molar-refractivity contribution >= 4 is 17.5 Å². The van der Waals surface area contributed by atoms with Crippen molar-refractivity contribution in [3.63, 3.8) is 0 Å². The van der Waals surface area contributed by atoms with Crippen LogP contribution in [0, 0.1) is 19.3 Å².